The Labute approximate surface area is 392 Å². The summed E-state index contributed by atoms with van der Waals surface area (Å²) in [6.07, 6.45) is 3.55. The minimum Gasteiger partial charge on any atom is -0.481 e. The maximum atomic E-state index is 14.2. The van der Waals surface area contributed by atoms with Gasteiger partial charge in [0.15, 0.2) is 0 Å². The molecule has 342 valence electrons. The molecule has 1 aliphatic rings. The van der Waals surface area contributed by atoms with Gasteiger partial charge >= 0.3 is 17.9 Å². The van der Waals surface area contributed by atoms with E-state index in [1.165, 1.54) is 23.1 Å². The minimum atomic E-state index is -1.67. The number of carboxylic acid groups (broad SMARTS) is 1. The Hall–Kier alpha value is -4.50. The van der Waals surface area contributed by atoms with Crippen LogP contribution in [0.25, 0.3) is 0 Å². The number of aliphatic imine (C=N–C) groups is 1. The molecule has 2 N–H and O–H groups in total. The first kappa shape index (κ1) is 50.5. The fourth-order valence-electron chi connectivity index (χ4n) is 7.29. The summed E-state index contributed by atoms with van der Waals surface area (Å²) in [7, 11) is -1.67. The smallest absolute Gasteiger partial charge is 0.329 e. The third kappa shape index (κ3) is 13.8. The van der Waals surface area contributed by atoms with Crippen LogP contribution in [-0.2, 0) is 39.8 Å². The molecule has 1 amide bonds. The molecule has 1 aromatic heterocycles. The van der Waals surface area contributed by atoms with Crippen LogP contribution in [0, 0.1) is 11.8 Å². The standard InChI is InChI=1S/C50H63N3O7S3Si/c1-34(2)43(52-47(58)49(6)33-62-44(53-49)39-32-61-41(51-39)31-42(54)60-48(3,4)5)46(57)59-40(38(45(55)56)28-30-64(7,8)9)27-19-20-29-63-50(35-21-13-10-14-22-35,36-23-15-11-16-24-36)37-25-17-12-18-26-37/h10-19,21-27,32,34,38,40,43H,20,28-31,33H2,1-9H3,(H,52,58)(H,55,56)/b27-19+/t38?,40-,43+,49-/m1/s1. The molecule has 0 fully saturated rings. The van der Waals surface area contributed by atoms with Gasteiger partial charge in [-0.2, -0.15) is 0 Å². The van der Waals surface area contributed by atoms with Crippen LogP contribution in [0.2, 0.25) is 25.7 Å². The molecule has 0 aliphatic carbocycles. The van der Waals surface area contributed by atoms with Crippen LogP contribution >= 0.6 is 34.9 Å². The van der Waals surface area contributed by atoms with E-state index in [2.05, 4.69) is 103 Å². The topological polar surface area (TPSA) is 144 Å². The second kappa shape index (κ2) is 22.1. The Morgan fingerprint density at radius 2 is 1.48 bits per heavy atom. The van der Waals surface area contributed by atoms with Gasteiger partial charge in [-0.3, -0.25) is 19.4 Å². The molecule has 0 saturated carbocycles. The molecule has 4 atom stereocenters. The monoisotopic (exact) mass is 941 g/mol. The van der Waals surface area contributed by atoms with Gasteiger partial charge in [-0.1, -0.05) is 137 Å². The normalized spacial score (nSPS) is 17.1. The van der Waals surface area contributed by atoms with Gasteiger partial charge in [0.05, 0.1) is 17.1 Å². The van der Waals surface area contributed by atoms with E-state index in [9.17, 15) is 24.3 Å². The molecule has 0 radical (unpaired) electrons. The zero-order valence-electron chi connectivity index (χ0n) is 38.5. The third-order valence-electron chi connectivity index (χ3n) is 10.7. The highest BCUT2D eigenvalue weighted by atomic mass is 32.2. The first-order valence-corrected chi connectivity index (χ1v) is 28.4. The summed E-state index contributed by atoms with van der Waals surface area (Å²) in [5, 5.41) is 16.5. The third-order valence-corrected chi connectivity index (χ3v) is 16.2. The molecular weight excluding hydrogens is 879 g/mol. The number of thiazole rings is 1. The Morgan fingerprint density at radius 1 is 0.922 bits per heavy atom. The van der Waals surface area contributed by atoms with E-state index in [0.29, 0.717) is 40.1 Å². The minimum absolute atomic E-state index is 0.0311. The van der Waals surface area contributed by atoms with Crippen molar-refractivity contribution in [2.24, 2.45) is 16.8 Å². The number of hydrogen-bond acceptors (Lipinski definition) is 11. The van der Waals surface area contributed by atoms with Crippen molar-refractivity contribution in [3.05, 3.63) is 136 Å². The second-order valence-electron chi connectivity index (χ2n) is 18.9. The van der Waals surface area contributed by atoms with E-state index in [1.807, 2.05) is 64.3 Å². The van der Waals surface area contributed by atoms with Gasteiger partial charge in [-0.25, -0.2) is 9.78 Å². The lowest BCUT2D eigenvalue weighted by atomic mass is 9.84. The number of thioether (sulfide) groups is 2. The largest absolute Gasteiger partial charge is 0.481 e. The van der Waals surface area contributed by atoms with Crippen molar-refractivity contribution >= 4 is 71.8 Å². The molecule has 10 nitrogen and oxygen atoms in total. The molecule has 1 aliphatic heterocycles. The SMILES string of the molecule is CC(C)[C@H](NC(=O)[C@@]1(C)CSC(c2csc(CC(=O)OC(C)(C)C)n2)=N1)C(=O)O[C@H](/C=C/CCSC(c1ccccc1)(c1ccccc1)c1ccccc1)C(CC[Si](C)(C)C)C(=O)O. The summed E-state index contributed by atoms with van der Waals surface area (Å²) in [5.74, 6) is -2.93. The van der Waals surface area contributed by atoms with Crippen molar-refractivity contribution in [3.63, 3.8) is 0 Å². The molecule has 64 heavy (non-hydrogen) atoms. The molecule has 14 heteroatoms. The number of benzene rings is 3. The van der Waals surface area contributed by atoms with E-state index < -0.39 is 59.9 Å². The quantitative estimate of drug-likeness (QED) is 0.0272. The van der Waals surface area contributed by atoms with E-state index in [-0.39, 0.29) is 18.3 Å². The van der Waals surface area contributed by atoms with Crippen LogP contribution in [-0.4, -0.2) is 81.8 Å². The number of carboxylic acids is 1. The molecule has 0 saturated heterocycles. The highest BCUT2D eigenvalue weighted by Gasteiger charge is 2.43. The molecule has 4 aromatic rings. The van der Waals surface area contributed by atoms with Crippen LogP contribution in [0.3, 0.4) is 0 Å². The lowest BCUT2D eigenvalue weighted by Crippen LogP contribution is -2.53. The number of esters is 2. The van der Waals surface area contributed by atoms with Crippen LogP contribution in [0.15, 0.2) is 114 Å². The van der Waals surface area contributed by atoms with Crippen molar-refractivity contribution in [1.82, 2.24) is 10.3 Å². The van der Waals surface area contributed by atoms with Crippen molar-refractivity contribution < 1.29 is 33.8 Å². The predicted octanol–water partition coefficient (Wildman–Crippen LogP) is 10.4. The van der Waals surface area contributed by atoms with Gasteiger partial charge in [-0.05, 0) is 75.0 Å². The first-order valence-electron chi connectivity index (χ1n) is 21.8. The number of carbonyl (C=O) groups excluding carboxylic acids is 3. The number of aliphatic carboxylic acids is 1. The van der Waals surface area contributed by atoms with Gasteiger partial charge in [0.25, 0.3) is 0 Å². The summed E-state index contributed by atoms with van der Waals surface area (Å²) < 4.78 is 11.1. The van der Waals surface area contributed by atoms with Crippen LogP contribution in [0.4, 0.5) is 0 Å². The molecule has 0 bridgehead atoms. The number of rotatable bonds is 21. The molecule has 5 rings (SSSR count). The van der Waals surface area contributed by atoms with Gasteiger partial charge < -0.3 is 19.9 Å². The van der Waals surface area contributed by atoms with Crippen LogP contribution in [0.1, 0.15) is 81.8 Å². The zero-order chi connectivity index (χ0) is 46.7. The number of nitrogens with zero attached hydrogens (tertiary/aromatic N) is 2. The van der Waals surface area contributed by atoms with Crippen LogP contribution < -0.4 is 5.32 Å². The molecule has 2 heterocycles. The summed E-state index contributed by atoms with van der Waals surface area (Å²) in [6, 6.07) is 31.0. The molecule has 0 spiro atoms. The van der Waals surface area contributed by atoms with E-state index in [0.717, 1.165) is 22.7 Å². The fourth-order valence-corrected chi connectivity index (χ4v) is 11.9. The maximum Gasteiger partial charge on any atom is 0.329 e. The average molecular weight is 942 g/mol. The van der Waals surface area contributed by atoms with Crippen molar-refractivity contribution in [1.29, 1.82) is 0 Å². The van der Waals surface area contributed by atoms with Crippen LogP contribution in [0.5, 0.6) is 0 Å². The van der Waals surface area contributed by atoms with E-state index >= 15 is 0 Å². The fraction of sp³-hybridized carbons (Fsp3) is 0.440. The van der Waals surface area contributed by atoms with Crippen molar-refractivity contribution in [2.45, 2.75) is 115 Å². The Bertz CT molecular complexity index is 2160. The van der Waals surface area contributed by atoms with Crippen molar-refractivity contribution in [2.75, 3.05) is 11.5 Å². The number of ether oxygens (including phenoxy) is 2. The predicted molar refractivity (Wildman–Crippen MR) is 265 cm³/mol. The zero-order valence-corrected chi connectivity index (χ0v) is 41.9. The van der Waals surface area contributed by atoms with Crippen molar-refractivity contribution in [3.8, 4) is 0 Å². The lowest BCUT2D eigenvalue weighted by molar-refractivity contribution is -0.159. The van der Waals surface area contributed by atoms with Gasteiger partial charge in [0.2, 0.25) is 5.91 Å². The van der Waals surface area contributed by atoms with Gasteiger partial charge in [0, 0.05) is 19.2 Å². The van der Waals surface area contributed by atoms with E-state index in [1.54, 1.807) is 24.8 Å². The Morgan fingerprint density at radius 3 is 1.98 bits per heavy atom. The highest BCUT2D eigenvalue weighted by Crippen LogP contribution is 2.48. The first-order chi connectivity index (χ1) is 30.2. The average Bonchev–Trinajstić information content (AvgIpc) is 3.87. The number of hydrogen-bond donors (Lipinski definition) is 2. The number of allylic oxidation sites excluding steroid dienone is 1. The summed E-state index contributed by atoms with van der Waals surface area (Å²) in [4.78, 5) is 62.9. The molecular formula is C50H63N3O7S3Si. The number of carbonyl (C=O) groups is 4. The Kier molecular flexibility index (Phi) is 17.5. The molecule has 1 unspecified atom stereocenters. The second-order valence-corrected chi connectivity index (χ2v) is 27.7. The number of aromatic nitrogens is 1. The maximum absolute atomic E-state index is 14.2. The van der Waals surface area contributed by atoms with Gasteiger partial charge in [0.1, 0.15) is 39.0 Å². The summed E-state index contributed by atoms with van der Waals surface area (Å²) in [6.45, 7) is 17.3. The number of amides is 1. The lowest BCUT2D eigenvalue weighted by Gasteiger charge is -2.35. The highest BCUT2D eigenvalue weighted by molar-refractivity contribution is 8.14. The molecule has 3 aromatic carbocycles. The van der Waals surface area contributed by atoms with Gasteiger partial charge in [-0.15, -0.1) is 34.9 Å². The van der Waals surface area contributed by atoms with E-state index in [4.69, 9.17) is 14.5 Å². The summed E-state index contributed by atoms with van der Waals surface area (Å²) >= 11 is 4.51. The number of nitrogens with one attached hydrogen (secondary N) is 1. The Balaban J connectivity index is 1.34. The summed E-state index contributed by atoms with van der Waals surface area (Å²) in [5.41, 5.74) is 2.19.